The number of carbonyl (C=O) groups is 2. The Kier molecular flexibility index (Phi) is 3.08. The molecule has 0 fully saturated rings. The van der Waals surface area contributed by atoms with Crippen molar-refractivity contribution >= 4 is 11.9 Å². The summed E-state index contributed by atoms with van der Waals surface area (Å²) in [6.07, 6.45) is 0.901. The number of rotatable bonds is 4. The minimum absolute atomic E-state index is 0.452. The van der Waals surface area contributed by atoms with Gasteiger partial charge in [0.25, 0.3) is 0 Å². The first kappa shape index (κ1) is 11.2. The van der Waals surface area contributed by atoms with Crippen molar-refractivity contribution < 1.29 is 19.8 Å². The summed E-state index contributed by atoms with van der Waals surface area (Å²) in [5.74, 6) is -2.31. The predicted molar refractivity (Wildman–Crippen MR) is 50.6 cm³/mol. The SMILES string of the molecule is Cc1ncn(C(CC(=O)O)C(=O)O)c1C. The number of aromatic nitrogens is 2. The van der Waals surface area contributed by atoms with Crippen molar-refractivity contribution in [2.45, 2.75) is 26.3 Å². The number of carboxylic acids is 2. The molecule has 1 unspecified atom stereocenters. The van der Waals surface area contributed by atoms with Crippen molar-refractivity contribution in [2.24, 2.45) is 0 Å². The number of hydrogen-bond acceptors (Lipinski definition) is 3. The molecule has 1 aromatic heterocycles. The fraction of sp³-hybridized carbons (Fsp3) is 0.444. The number of carboxylic acid groups (broad SMARTS) is 2. The van der Waals surface area contributed by atoms with Gasteiger partial charge in [0.2, 0.25) is 0 Å². The zero-order valence-electron chi connectivity index (χ0n) is 8.47. The largest absolute Gasteiger partial charge is 0.481 e. The summed E-state index contributed by atoms with van der Waals surface area (Å²) in [6, 6.07) is -1.09. The maximum absolute atomic E-state index is 10.9. The van der Waals surface area contributed by atoms with Gasteiger partial charge in [0, 0.05) is 5.69 Å². The highest BCUT2D eigenvalue weighted by Crippen LogP contribution is 2.16. The molecule has 1 aromatic rings. The van der Waals surface area contributed by atoms with E-state index in [1.54, 1.807) is 13.8 Å². The van der Waals surface area contributed by atoms with E-state index in [0.717, 1.165) is 0 Å². The van der Waals surface area contributed by atoms with Gasteiger partial charge in [-0.1, -0.05) is 0 Å². The van der Waals surface area contributed by atoms with Gasteiger partial charge in [-0.05, 0) is 13.8 Å². The molecule has 0 amide bonds. The molecular formula is C9H12N2O4. The summed E-state index contributed by atoms with van der Waals surface area (Å²) in [5, 5.41) is 17.5. The first-order valence-corrected chi connectivity index (χ1v) is 4.38. The van der Waals surface area contributed by atoms with Crippen LogP contribution in [0.1, 0.15) is 23.9 Å². The van der Waals surface area contributed by atoms with Crippen molar-refractivity contribution in [3.8, 4) is 0 Å². The minimum Gasteiger partial charge on any atom is -0.481 e. The standard InChI is InChI=1S/C9H12N2O4/c1-5-6(2)11(4-10-5)7(9(14)15)3-8(12)13/h4,7H,3H2,1-2H3,(H,12,13)(H,14,15). The molecule has 0 aliphatic heterocycles. The third-order valence-corrected chi connectivity index (χ3v) is 2.28. The van der Waals surface area contributed by atoms with Gasteiger partial charge in [-0.3, -0.25) is 4.79 Å². The molecule has 0 aromatic carbocycles. The third-order valence-electron chi connectivity index (χ3n) is 2.28. The zero-order valence-corrected chi connectivity index (χ0v) is 8.47. The summed E-state index contributed by atoms with van der Waals surface area (Å²) in [7, 11) is 0. The van der Waals surface area contributed by atoms with Crippen LogP contribution in [0.25, 0.3) is 0 Å². The van der Waals surface area contributed by atoms with Crippen LogP contribution in [0.4, 0.5) is 0 Å². The van der Waals surface area contributed by atoms with E-state index in [-0.39, 0.29) is 0 Å². The average Bonchev–Trinajstić information content (AvgIpc) is 2.44. The van der Waals surface area contributed by atoms with Gasteiger partial charge in [0.05, 0.1) is 18.4 Å². The molecule has 1 heterocycles. The van der Waals surface area contributed by atoms with Crippen molar-refractivity contribution in [2.75, 3.05) is 0 Å². The molecule has 6 nitrogen and oxygen atoms in total. The molecule has 0 aliphatic carbocycles. The predicted octanol–water partition coefficient (Wildman–Crippen LogP) is 0.600. The minimum atomic E-state index is -1.17. The van der Waals surface area contributed by atoms with Gasteiger partial charge in [0.15, 0.2) is 0 Å². The second kappa shape index (κ2) is 4.12. The smallest absolute Gasteiger partial charge is 0.327 e. The molecule has 2 N–H and O–H groups in total. The van der Waals surface area contributed by atoms with Crippen LogP contribution >= 0.6 is 0 Å². The second-order valence-corrected chi connectivity index (χ2v) is 3.27. The van der Waals surface area contributed by atoms with Gasteiger partial charge in [0.1, 0.15) is 6.04 Å². The first-order valence-electron chi connectivity index (χ1n) is 4.38. The van der Waals surface area contributed by atoms with Crippen LogP contribution in [0.2, 0.25) is 0 Å². The first-order chi connectivity index (χ1) is 6.93. The molecule has 6 heteroatoms. The Morgan fingerprint density at radius 3 is 2.40 bits per heavy atom. The van der Waals surface area contributed by atoms with Crippen LogP contribution < -0.4 is 0 Å². The molecule has 0 saturated heterocycles. The molecular weight excluding hydrogens is 200 g/mol. The van der Waals surface area contributed by atoms with Crippen LogP contribution in [0.3, 0.4) is 0 Å². The number of hydrogen-bond donors (Lipinski definition) is 2. The third kappa shape index (κ3) is 2.34. The molecule has 0 radical (unpaired) electrons. The molecule has 1 rings (SSSR count). The van der Waals surface area contributed by atoms with E-state index in [0.29, 0.717) is 11.4 Å². The Morgan fingerprint density at radius 1 is 1.47 bits per heavy atom. The van der Waals surface area contributed by atoms with Crippen molar-refractivity contribution in [1.29, 1.82) is 0 Å². The molecule has 1 atom stereocenters. The Labute approximate surface area is 86.2 Å². The molecule has 15 heavy (non-hydrogen) atoms. The monoisotopic (exact) mass is 212 g/mol. The highest BCUT2D eigenvalue weighted by Gasteiger charge is 2.24. The summed E-state index contributed by atoms with van der Waals surface area (Å²) in [6.45, 7) is 3.45. The van der Waals surface area contributed by atoms with Crippen molar-refractivity contribution in [3.05, 3.63) is 17.7 Å². The summed E-state index contributed by atoms with van der Waals surface area (Å²) >= 11 is 0. The van der Waals surface area contributed by atoms with Crippen molar-refractivity contribution in [1.82, 2.24) is 9.55 Å². The van der Waals surface area contributed by atoms with E-state index in [9.17, 15) is 9.59 Å². The molecule has 0 saturated carbocycles. The highest BCUT2D eigenvalue weighted by molar-refractivity contribution is 5.79. The van der Waals surface area contributed by atoms with E-state index in [4.69, 9.17) is 10.2 Å². The summed E-state index contributed by atoms with van der Waals surface area (Å²) in [5.41, 5.74) is 1.37. The summed E-state index contributed by atoms with van der Waals surface area (Å²) in [4.78, 5) is 25.3. The van der Waals surface area contributed by atoms with E-state index >= 15 is 0 Å². The lowest BCUT2D eigenvalue weighted by Crippen LogP contribution is -2.22. The van der Waals surface area contributed by atoms with Crippen molar-refractivity contribution in [3.63, 3.8) is 0 Å². The Balaban J connectivity index is 3.04. The lowest BCUT2D eigenvalue weighted by Gasteiger charge is -2.13. The van der Waals surface area contributed by atoms with Crippen LogP contribution in [0, 0.1) is 13.8 Å². The number of imidazole rings is 1. The van der Waals surface area contributed by atoms with Crippen LogP contribution in [0.15, 0.2) is 6.33 Å². The topological polar surface area (TPSA) is 92.4 Å². The Morgan fingerprint density at radius 2 is 2.07 bits per heavy atom. The maximum Gasteiger partial charge on any atom is 0.327 e. The van der Waals surface area contributed by atoms with Crippen LogP contribution in [0.5, 0.6) is 0 Å². The molecule has 0 spiro atoms. The van der Waals surface area contributed by atoms with Gasteiger partial charge in [-0.15, -0.1) is 0 Å². The van der Waals surface area contributed by atoms with E-state index < -0.39 is 24.4 Å². The average molecular weight is 212 g/mol. The molecule has 0 bridgehead atoms. The van der Waals surface area contributed by atoms with Gasteiger partial charge in [-0.2, -0.15) is 0 Å². The fourth-order valence-electron chi connectivity index (χ4n) is 1.30. The summed E-state index contributed by atoms with van der Waals surface area (Å²) < 4.78 is 1.37. The van der Waals surface area contributed by atoms with E-state index in [1.165, 1.54) is 10.9 Å². The lowest BCUT2D eigenvalue weighted by atomic mass is 10.2. The number of aryl methyl sites for hydroxylation is 1. The van der Waals surface area contributed by atoms with Gasteiger partial charge < -0.3 is 14.8 Å². The highest BCUT2D eigenvalue weighted by atomic mass is 16.4. The van der Waals surface area contributed by atoms with E-state index in [2.05, 4.69) is 4.98 Å². The van der Waals surface area contributed by atoms with Crippen LogP contribution in [-0.4, -0.2) is 31.7 Å². The zero-order chi connectivity index (χ0) is 11.6. The lowest BCUT2D eigenvalue weighted by molar-refractivity contribution is -0.147. The fourth-order valence-corrected chi connectivity index (χ4v) is 1.30. The normalized spacial score (nSPS) is 12.4. The number of aliphatic carboxylic acids is 2. The number of nitrogens with zero attached hydrogens (tertiary/aromatic N) is 2. The molecule has 82 valence electrons. The quantitative estimate of drug-likeness (QED) is 0.762. The van der Waals surface area contributed by atoms with Gasteiger partial charge >= 0.3 is 11.9 Å². The van der Waals surface area contributed by atoms with Crippen LogP contribution in [-0.2, 0) is 9.59 Å². The maximum atomic E-state index is 10.9. The van der Waals surface area contributed by atoms with E-state index in [1.807, 2.05) is 0 Å². The molecule has 0 aliphatic rings. The Hall–Kier alpha value is -1.85. The second-order valence-electron chi connectivity index (χ2n) is 3.27. The van der Waals surface area contributed by atoms with Gasteiger partial charge in [-0.25, -0.2) is 9.78 Å². The Bertz CT molecular complexity index is 397.